The Bertz CT molecular complexity index is 230. The van der Waals surface area contributed by atoms with E-state index in [4.69, 9.17) is 5.73 Å². The van der Waals surface area contributed by atoms with E-state index < -0.39 is 0 Å². The largest absolute Gasteiger partial charge is 0.338 e. The van der Waals surface area contributed by atoms with Crippen molar-refractivity contribution >= 4 is 5.91 Å². The molecule has 1 heterocycles. The van der Waals surface area contributed by atoms with Gasteiger partial charge in [0.25, 0.3) is 0 Å². The Kier molecular flexibility index (Phi) is 4.14. The first-order valence-corrected chi connectivity index (χ1v) is 6.03. The fraction of sp³-hybridized carbons (Fsp3) is 0.917. The second-order valence-electron chi connectivity index (χ2n) is 5.09. The van der Waals surface area contributed by atoms with Gasteiger partial charge >= 0.3 is 0 Å². The number of nitrogens with zero attached hydrogens (tertiary/aromatic N) is 1. The third-order valence-corrected chi connectivity index (χ3v) is 3.61. The van der Waals surface area contributed by atoms with Gasteiger partial charge in [0.15, 0.2) is 0 Å². The number of amides is 1. The zero-order valence-electron chi connectivity index (χ0n) is 10.4. The Morgan fingerprint density at radius 1 is 1.53 bits per heavy atom. The smallest absolute Gasteiger partial charge is 0.240 e. The molecule has 0 saturated carbocycles. The topological polar surface area (TPSA) is 46.3 Å². The molecule has 4 atom stereocenters. The average molecular weight is 212 g/mol. The van der Waals surface area contributed by atoms with Crippen LogP contribution in [0, 0.1) is 11.8 Å². The molecule has 3 heteroatoms. The lowest BCUT2D eigenvalue weighted by Gasteiger charge is -2.27. The average Bonchev–Trinajstić information content (AvgIpc) is 2.54. The summed E-state index contributed by atoms with van der Waals surface area (Å²) in [6, 6.07) is 0.0466. The van der Waals surface area contributed by atoms with Gasteiger partial charge in [-0.05, 0) is 25.2 Å². The molecule has 0 aliphatic carbocycles. The van der Waals surface area contributed by atoms with Gasteiger partial charge < -0.3 is 10.6 Å². The van der Waals surface area contributed by atoms with E-state index in [1.807, 2.05) is 11.8 Å². The molecule has 3 unspecified atom stereocenters. The highest BCUT2D eigenvalue weighted by Gasteiger charge is 2.33. The monoisotopic (exact) mass is 212 g/mol. The lowest BCUT2D eigenvalue weighted by atomic mass is 9.99. The maximum atomic E-state index is 12.1. The molecular weight excluding hydrogens is 188 g/mol. The molecule has 1 saturated heterocycles. The van der Waals surface area contributed by atoms with Crippen molar-refractivity contribution in [3.05, 3.63) is 0 Å². The molecule has 1 aliphatic rings. The zero-order chi connectivity index (χ0) is 11.6. The van der Waals surface area contributed by atoms with Crippen molar-refractivity contribution in [3.8, 4) is 0 Å². The molecule has 88 valence electrons. The van der Waals surface area contributed by atoms with Crippen LogP contribution in [0.15, 0.2) is 0 Å². The summed E-state index contributed by atoms with van der Waals surface area (Å²) in [6.07, 6.45) is 2.07. The van der Waals surface area contributed by atoms with E-state index in [1.54, 1.807) is 0 Å². The summed E-state index contributed by atoms with van der Waals surface area (Å²) in [4.78, 5) is 14.1. The van der Waals surface area contributed by atoms with Gasteiger partial charge in [0.1, 0.15) is 0 Å². The number of hydrogen-bond acceptors (Lipinski definition) is 2. The molecule has 1 fully saturated rings. The maximum Gasteiger partial charge on any atom is 0.240 e. The third-order valence-electron chi connectivity index (χ3n) is 3.61. The summed E-state index contributed by atoms with van der Waals surface area (Å²) >= 11 is 0. The van der Waals surface area contributed by atoms with Crippen LogP contribution in [0.1, 0.15) is 40.5 Å². The first kappa shape index (κ1) is 12.5. The first-order chi connectivity index (χ1) is 6.97. The Morgan fingerprint density at radius 2 is 2.13 bits per heavy atom. The number of carbonyl (C=O) groups is 1. The van der Waals surface area contributed by atoms with Crippen molar-refractivity contribution < 1.29 is 4.79 Å². The minimum atomic E-state index is -0.317. The van der Waals surface area contributed by atoms with Gasteiger partial charge in [-0.1, -0.05) is 27.2 Å². The third kappa shape index (κ3) is 2.71. The summed E-state index contributed by atoms with van der Waals surface area (Å²) in [7, 11) is 0. The fourth-order valence-corrected chi connectivity index (χ4v) is 2.30. The molecule has 1 amide bonds. The van der Waals surface area contributed by atoms with Gasteiger partial charge in [0, 0.05) is 12.6 Å². The highest BCUT2D eigenvalue weighted by Crippen LogP contribution is 2.23. The standard InChI is InChI=1S/C12H24N2O/c1-5-9(3)11(13)12(15)14-7-8(2)6-10(14)4/h8-11H,5-7,13H2,1-4H3/t8?,9?,10?,11-/m0/s1. The summed E-state index contributed by atoms with van der Waals surface area (Å²) in [5, 5.41) is 0. The molecule has 0 aromatic rings. The highest BCUT2D eigenvalue weighted by atomic mass is 16.2. The van der Waals surface area contributed by atoms with Gasteiger partial charge in [0.05, 0.1) is 6.04 Å². The van der Waals surface area contributed by atoms with E-state index in [-0.39, 0.29) is 17.9 Å². The van der Waals surface area contributed by atoms with Crippen LogP contribution >= 0.6 is 0 Å². The molecule has 15 heavy (non-hydrogen) atoms. The van der Waals surface area contributed by atoms with Crippen LogP contribution in [0.3, 0.4) is 0 Å². The van der Waals surface area contributed by atoms with E-state index in [2.05, 4.69) is 20.8 Å². The van der Waals surface area contributed by atoms with Gasteiger partial charge in [0.2, 0.25) is 5.91 Å². The van der Waals surface area contributed by atoms with Crippen LogP contribution in [-0.2, 0) is 4.79 Å². The zero-order valence-corrected chi connectivity index (χ0v) is 10.4. The van der Waals surface area contributed by atoms with Crippen LogP contribution < -0.4 is 5.73 Å². The summed E-state index contributed by atoms with van der Waals surface area (Å²) in [6.45, 7) is 9.31. The Morgan fingerprint density at radius 3 is 2.53 bits per heavy atom. The minimum Gasteiger partial charge on any atom is -0.338 e. The predicted octanol–water partition coefficient (Wildman–Crippen LogP) is 1.62. The number of carbonyl (C=O) groups excluding carboxylic acids is 1. The van der Waals surface area contributed by atoms with Crippen LogP contribution in [0.25, 0.3) is 0 Å². The molecule has 0 bridgehead atoms. The van der Waals surface area contributed by atoms with Crippen molar-refractivity contribution in [3.63, 3.8) is 0 Å². The molecule has 0 radical (unpaired) electrons. The van der Waals surface area contributed by atoms with E-state index in [0.717, 1.165) is 19.4 Å². The SMILES string of the molecule is CCC(C)[C@H](N)C(=O)N1CC(C)CC1C. The van der Waals surface area contributed by atoms with Gasteiger partial charge in [-0.2, -0.15) is 0 Å². The summed E-state index contributed by atoms with van der Waals surface area (Å²) < 4.78 is 0. The van der Waals surface area contributed by atoms with Crippen LogP contribution in [-0.4, -0.2) is 29.4 Å². The number of rotatable bonds is 3. The molecule has 0 spiro atoms. The Hall–Kier alpha value is -0.570. The van der Waals surface area contributed by atoms with E-state index in [0.29, 0.717) is 12.0 Å². The predicted molar refractivity (Wildman–Crippen MR) is 62.4 cm³/mol. The summed E-state index contributed by atoms with van der Waals surface area (Å²) in [5.41, 5.74) is 5.97. The molecule has 2 N–H and O–H groups in total. The maximum absolute atomic E-state index is 12.1. The van der Waals surface area contributed by atoms with Crippen LogP contribution in [0.4, 0.5) is 0 Å². The van der Waals surface area contributed by atoms with Crippen molar-refractivity contribution in [2.75, 3.05) is 6.54 Å². The molecule has 0 aromatic carbocycles. The fourth-order valence-electron chi connectivity index (χ4n) is 2.30. The lowest BCUT2D eigenvalue weighted by molar-refractivity contribution is -0.134. The van der Waals surface area contributed by atoms with Crippen LogP contribution in [0.2, 0.25) is 0 Å². The molecule has 0 aromatic heterocycles. The minimum absolute atomic E-state index is 0.140. The van der Waals surface area contributed by atoms with Crippen molar-refractivity contribution in [1.82, 2.24) is 4.90 Å². The quantitative estimate of drug-likeness (QED) is 0.772. The Labute approximate surface area is 93.0 Å². The Balaban J connectivity index is 2.60. The molecule has 1 aliphatic heterocycles. The van der Waals surface area contributed by atoms with Gasteiger partial charge in [-0.25, -0.2) is 0 Å². The molecule has 1 rings (SSSR count). The van der Waals surface area contributed by atoms with E-state index in [9.17, 15) is 4.79 Å². The molecule has 3 nitrogen and oxygen atoms in total. The first-order valence-electron chi connectivity index (χ1n) is 6.03. The van der Waals surface area contributed by atoms with E-state index in [1.165, 1.54) is 0 Å². The highest BCUT2D eigenvalue weighted by molar-refractivity contribution is 5.82. The van der Waals surface area contributed by atoms with Gasteiger partial charge in [-0.15, -0.1) is 0 Å². The van der Waals surface area contributed by atoms with Crippen LogP contribution in [0.5, 0.6) is 0 Å². The number of nitrogens with two attached hydrogens (primary N) is 1. The van der Waals surface area contributed by atoms with Gasteiger partial charge in [-0.3, -0.25) is 4.79 Å². The second-order valence-corrected chi connectivity index (χ2v) is 5.09. The number of likely N-dealkylation sites (tertiary alicyclic amines) is 1. The van der Waals surface area contributed by atoms with E-state index >= 15 is 0 Å². The van der Waals surface area contributed by atoms with Crippen molar-refractivity contribution in [2.45, 2.75) is 52.6 Å². The summed E-state index contributed by atoms with van der Waals surface area (Å²) in [5.74, 6) is 1.04. The molecular formula is C12H24N2O. The number of hydrogen-bond donors (Lipinski definition) is 1. The lowest BCUT2D eigenvalue weighted by Crippen LogP contribution is -2.48. The second kappa shape index (κ2) is 4.97. The normalized spacial score (nSPS) is 30.3. The van der Waals surface area contributed by atoms with Crippen molar-refractivity contribution in [1.29, 1.82) is 0 Å². The van der Waals surface area contributed by atoms with Crippen molar-refractivity contribution in [2.24, 2.45) is 17.6 Å².